The maximum absolute atomic E-state index is 15.4. The van der Waals surface area contributed by atoms with Crippen LogP contribution in [0.15, 0.2) is 66.7 Å². The molecule has 0 radical (unpaired) electrons. The Labute approximate surface area is 209 Å². The molecule has 7 heteroatoms. The van der Waals surface area contributed by atoms with Crippen molar-refractivity contribution in [2.75, 3.05) is 19.8 Å². The molecule has 0 heterocycles. The van der Waals surface area contributed by atoms with Crippen molar-refractivity contribution >= 4 is 41.0 Å². The topological polar surface area (TPSA) is 107 Å². The van der Waals surface area contributed by atoms with Gasteiger partial charge in [0, 0.05) is 48.8 Å². The molecule has 0 bridgehead atoms. The van der Waals surface area contributed by atoms with Gasteiger partial charge in [0.05, 0.1) is 0 Å². The Hall–Kier alpha value is -4.52. The van der Waals surface area contributed by atoms with Crippen molar-refractivity contribution in [1.82, 2.24) is 4.90 Å². The summed E-state index contributed by atoms with van der Waals surface area (Å²) in [6.07, 6.45) is 4.21. The number of carboxylic acids is 1. The Morgan fingerprint density at radius 2 is 1.64 bits per heavy atom. The van der Waals surface area contributed by atoms with Crippen LogP contribution >= 0.6 is 0 Å². The first-order chi connectivity index (χ1) is 17.2. The van der Waals surface area contributed by atoms with Crippen molar-refractivity contribution in [2.45, 2.75) is 13.3 Å². The molecule has 0 atom stereocenters. The summed E-state index contributed by atoms with van der Waals surface area (Å²) in [5.41, 5.74) is 11.3. The average molecular weight is 486 g/mol. The minimum absolute atomic E-state index is 0.256. The monoisotopic (exact) mass is 485 g/mol. The molecular formula is C29H28FN3O3. The highest BCUT2D eigenvalue weighted by molar-refractivity contribution is 6.01. The molecule has 0 fully saturated rings. The first kappa shape index (κ1) is 26.1. The van der Waals surface area contributed by atoms with E-state index in [4.69, 9.17) is 16.2 Å². The van der Waals surface area contributed by atoms with Gasteiger partial charge in [-0.2, -0.15) is 0 Å². The second kappa shape index (κ2) is 11.3. The number of allylic oxidation sites excluding steroid dienone is 1. The molecule has 0 saturated carbocycles. The summed E-state index contributed by atoms with van der Waals surface area (Å²) < 4.78 is 15.4. The highest BCUT2D eigenvalue weighted by atomic mass is 19.1. The van der Waals surface area contributed by atoms with Gasteiger partial charge in [-0.25, -0.2) is 9.18 Å². The number of benzene rings is 3. The van der Waals surface area contributed by atoms with Crippen LogP contribution in [0.4, 0.5) is 10.1 Å². The molecule has 0 spiro atoms. The summed E-state index contributed by atoms with van der Waals surface area (Å²) >= 11 is 0. The number of halogens is 1. The van der Waals surface area contributed by atoms with E-state index < -0.39 is 11.8 Å². The number of aliphatic carboxylic acids is 1. The molecule has 0 aromatic heterocycles. The third-order valence-corrected chi connectivity index (χ3v) is 5.75. The number of carbonyl (C=O) groups is 2. The Kier molecular flexibility index (Phi) is 8.17. The molecular weight excluding hydrogens is 457 g/mol. The van der Waals surface area contributed by atoms with Crippen molar-refractivity contribution < 1.29 is 19.1 Å². The largest absolute Gasteiger partial charge is 0.478 e. The molecule has 184 valence electrons. The fourth-order valence-electron chi connectivity index (χ4n) is 3.95. The number of nitrogens with one attached hydrogen (secondary N) is 1. The van der Waals surface area contributed by atoms with E-state index >= 15 is 4.39 Å². The smallest absolute Gasteiger partial charge is 0.328 e. The van der Waals surface area contributed by atoms with Gasteiger partial charge in [-0.3, -0.25) is 4.79 Å². The van der Waals surface area contributed by atoms with Gasteiger partial charge in [0.1, 0.15) is 5.82 Å². The number of carbonyl (C=O) groups excluding carboxylic acids is 1. The third-order valence-electron chi connectivity index (χ3n) is 5.75. The van der Waals surface area contributed by atoms with Crippen LogP contribution in [0, 0.1) is 11.2 Å². The maximum atomic E-state index is 15.4. The van der Waals surface area contributed by atoms with E-state index in [9.17, 15) is 9.59 Å². The lowest BCUT2D eigenvalue weighted by Crippen LogP contribution is -2.21. The van der Waals surface area contributed by atoms with E-state index in [0.29, 0.717) is 34.4 Å². The van der Waals surface area contributed by atoms with Crippen LogP contribution in [0.25, 0.3) is 17.2 Å². The molecule has 3 aromatic rings. The second-order valence-corrected chi connectivity index (χ2v) is 8.38. The molecule has 1 amide bonds. The summed E-state index contributed by atoms with van der Waals surface area (Å²) in [6, 6.07) is 17.0. The Morgan fingerprint density at radius 1 is 1.00 bits per heavy atom. The molecule has 0 unspecified atom stereocenters. The molecule has 3 aromatic carbocycles. The zero-order chi connectivity index (χ0) is 26.4. The standard InChI is InChI=1S/C29H28FN3O3/c1-4-23(24-12-10-21(16-25(24)30)29(36)33(2)3)28(20-11-13-26(32)22(15-20)17-31)19-8-5-18(6-9-19)7-14-27(34)35/h5-17,31H,4,32H2,1-3H3,(H,34,35)/b14-7+,28-23+,31-17?. The van der Waals surface area contributed by atoms with Crippen molar-refractivity contribution in [1.29, 1.82) is 5.41 Å². The normalized spacial score (nSPS) is 11.8. The number of nitrogen functional groups attached to an aromatic ring is 1. The van der Waals surface area contributed by atoms with Gasteiger partial charge in [-0.05, 0) is 64.6 Å². The first-order valence-electron chi connectivity index (χ1n) is 11.3. The van der Waals surface area contributed by atoms with Gasteiger partial charge >= 0.3 is 5.97 Å². The lowest BCUT2D eigenvalue weighted by Gasteiger charge is -2.18. The fraction of sp³-hybridized carbons (Fsp3) is 0.138. The predicted molar refractivity (Wildman–Crippen MR) is 142 cm³/mol. The molecule has 0 aliphatic heterocycles. The van der Waals surface area contributed by atoms with E-state index in [0.717, 1.165) is 22.8 Å². The van der Waals surface area contributed by atoms with Gasteiger partial charge in [-0.15, -0.1) is 0 Å². The predicted octanol–water partition coefficient (Wildman–Crippen LogP) is 5.57. The van der Waals surface area contributed by atoms with Crippen molar-refractivity contribution in [3.63, 3.8) is 0 Å². The van der Waals surface area contributed by atoms with Crippen LogP contribution in [-0.2, 0) is 4.79 Å². The Bertz CT molecular complexity index is 1370. The summed E-state index contributed by atoms with van der Waals surface area (Å²) in [4.78, 5) is 24.6. The molecule has 4 N–H and O–H groups in total. The average Bonchev–Trinajstić information content (AvgIpc) is 2.86. The number of carboxylic acid groups (broad SMARTS) is 1. The first-order valence-corrected chi connectivity index (χ1v) is 11.3. The van der Waals surface area contributed by atoms with Crippen molar-refractivity contribution in [3.05, 3.63) is 106 Å². The van der Waals surface area contributed by atoms with Gasteiger partial charge in [0.25, 0.3) is 5.91 Å². The molecule has 0 saturated heterocycles. The number of hydrogen-bond donors (Lipinski definition) is 3. The quantitative estimate of drug-likeness (QED) is 0.168. The number of hydrogen-bond acceptors (Lipinski definition) is 4. The number of amides is 1. The Morgan fingerprint density at radius 3 is 2.19 bits per heavy atom. The van der Waals surface area contributed by atoms with Crippen molar-refractivity contribution in [2.24, 2.45) is 0 Å². The van der Waals surface area contributed by atoms with Crippen LogP contribution < -0.4 is 5.73 Å². The zero-order valence-electron chi connectivity index (χ0n) is 20.4. The van der Waals surface area contributed by atoms with Gasteiger partial charge in [0.2, 0.25) is 0 Å². The minimum atomic E-state index is -1.04. The molecule has 6 nitrogen and oxygen atoms in total. The van der Waals surface area contributed by atoms with E-state index in [1.54, 1.807) is 50.5 Å². The number of nitrogens with zero attached hydrogens (tertiary/aromatic N) is 1. The molecule has 36 heavy (non-hydrogen) atoms. The SMILES string of the molecule is CC/C(=C(/c1ccc(/C=C/C(=O)O)cc1)c1ccc(N)c(C=N)c1)c1ccc(C(=O)N(C)C)cc1F. The second-order valence-electron chi connectivity index (χ2n) is 8.38. The summed E-state index contributed by atoms with van der Waals surface area (Å²) in [5, 5.41) is 16.6. The number of anilines is 1. The van der Waals surface area contributed by atoms with Crippen LogP contribution in [0.3, 0.4) is 0 Å². The molecule has 0 aliphatic carbocycles. The zero-order valence-corrected chi connectivity index (χ0v) is 20.4. The van der Waals surface area contributed by atoms with Gasteiger partial charge < -0.3 is 21.1 Å². The minimum Gasteiger partial charge on any atom is -0.478 e. The lowest BCUT2D eigenvalue weighted by atomic mass is 9.86. The van der Waals surface area contributed by atoms with Crippen LogP contribution in [0.1, 0.15) is 51.5 Å². The number of nitrogens with two attached hydrogens (primary N) is 1. The van der Waals surface area contributed by atoms with Crippen LogP contribution in [0.5, 0.6) is 0 Å². The molecule has 3 rings (SSSR count). The van der Waals surface area contributed by atoms with Gasteiger partial charge in [0.15, 0.2) is 0 Å². The highest BCUT2D eigenvalue weighted by Crippen LogP contribution is 2.36. The summed E-state index contributed by atoms with van der Waals surface area (Å²) in [7, 11) is 3.22. The highest BCUT2D eigenvalue weighted by Gasteiger charge is 2.18. The van der Waals surface area contributed by atoms with E-state index in [2.05, 4.69) is 0 Å². The van der Waals surface area contributed by atoms with Crippen LogP contribution in [-0.4, -0.2) is 42.2 Å². The fourth-order valence-corrected chi connectivity index (χ4v) is 3.95. The van der Waals surface area contributed by atoms with Crippen molar-refractivity contribution in [3.8, 4) is 0 Å². The summed E-state index contributed by atoms with van der Waals surface area (Å²) in [6.45, 7) is 1.92. The van der Waals surface area contributed by atoms with Crippen LogP contribution in [0.2, 0.25) is 0 Å². The molecule has 0 aliphatic rings. The summed E-state index contributed by atoms with van der Waals surface area (Å²) in [5.74, 6) is -1.84. The van der Waals surface area contributed by atoms with E-state index in [-0.39, 0.29) is 11.5 Å². The van der Waals surface area contributed by atoms with E-state index in [1.807, 2.05) is 25.1 Å². The maximum Gasteiger partial charge on any atom is 0.328 e. The third kappa shape index (κ3) is 5.75. The number of rotatable bonds is 8. The Balaban J connectivity index is 2.26. The van der Waals surface area contributed by atoms with Gasteiger partial charge in [-0.1, -0.05) is 43.3 Å². The van der Waals surface area contributed by atoms with E-state index in [1.165, 1.54) is 23.3 Å². The lowest BCUT2D eigenvalue weighted by molar-refractivity contribution is -0.131.